The van der Waals surface area contributed by atoms with Crippen molar-refractivity contribution in [1.29, 1.82) is 0 Å². The number of thiazole rings is 1. The molecule has 37 heavy (non-hydrogen) atoms. The van der Waals surface area contributed by atoms with Crippen molar-refractivity contribution < 1.29 is 14.6 Å². The SMILES string of the molecule is Cc1cc(C(=O)Nc2nc(-c3cc(Cl)cs3)c(N3CCN(C4CCCCC4)CC3)s2)ccc1OCCO. The molecule has 0 unspecified atom stereocenters. The highest BCUT2D eigenvalue weighted by Gasteiger charge is 2.28. The first kappa shape index (κ1) is 26.4. The third-order valence-electron chi connectivity index (χ3n) is 7.11. The summed E-state index contributed by atoms with van der Waals surface area (Å²) in [6.45, 7) is 6.06. The lowest BCUT2D eigenvalue weighted by molar-refractivity contribution is 0.102. The number of benzene rings is 1. The number of anilines is 2. The molecule has 1 aliphatic carbocycles. The van der Waals surface area contributed by atoms with E-state index < -0.39 is 0 Å². The van der Waals surface area contributed by atoms with Gasteiger partial charge in [-0.3, -0.25) is 15.0 Å². The van der Waals surface area contributed by atoms with Crippen LogP contribution >= 0.6 is 34.3 Å². The van der Waals surface area contributed by atoms with Gasteiger partial charge >= 0.3 is 0 Å². The number of ether oxygens (including phenoxy) is 1. The summed E-state index contributed by atoms with van der Waals surface area (Å²) >= 11 is 9.35. The molecule has 1 saturated carbocycles. The highest BCUT2D eigenvalue weighted by molar-refractivity contribution is 7.21. The molecule has 3 heterocycles. The van der Waals surface area contributed by atoms with Crippen molar-refractivity contribution in [3.8, 4) is 16.3 Å². The maximum Gasteiger partial charge on any atom is 0.257 e. The number of aliphatic hydroxyl groups excluding tert-OH is 1. The Kier molecular flexibility index (Phi) is 8.67. The van der Waals surface area contributed by atoms with Gasteiger partial charge in [0.05, 0.1) is 16.5 Å². The van der Waals surface area contributed by atoms with Crippen molar-refractivity contribution in [1.82, 2.24) is 9.88 Å². The van der Waals surface area contributed by atoms with E-state index in [0.717, 1.165) is 53.4 Å². The third-order valence-corrected chi connectivity index (χ3v) is 9.43. The summed E-state index contributed by atoms with van der Waals surface area (Å²) in [5.41, 5.74) is 2.25. The standard InChI is InChI=1S/C27H33ClN4O3S2/c1-18-15-19(7-8-22(18)35-14-13-33)25(34)30-27-29-24(23-16-20(28)17-36-23)26(37-27)32-11-9-31(10-12-32)21-5-3-2-4-6-21/h7-8,15-17,21,33H,2-6,9-14H2,1H3,(H,29,30,34). The molecule has 0 radical (unpaired) electrons. The number of rotatable bonds is 8. The predicted octanol–water partition coefficient (Wildman–Crippen LogP) is 5.91. The summed E-state index contributed by atoms with van der Waals surface area (Å²) < 4.78 is 5.51. The van der Waals surface area contributed by atoms with E-state index in [1.807, 2.05) is 18.4 Å². The predicted molar refractivity (Wildman–Crippen MR) is 153 cm³/mol. The zero-order valence-corrected chi connectivity index (χ0v) is 23.4. The van der Waals surface area contributed by atoms with E-state index in [2.05, 4.69) is 15.1 Å². The third kappa shape index (κ3) is 6.29. The van der Waals surface area contributed by atoms with Gasteiger partial charge in [-0.1, -0.05) is 42.2 Å². The van der Waals surface area contributed by atoms with Crippen LogP contribution in [0.15, 0.2) is 29.6 Å². The number of aromatic nitrogens is 1. The largest absolute Gasteiger partial charge is 0.491 e. The average Bonchev–Trinajstić information content (AvgIpc) is 3.54. The molecule has 0 spiro atoms. The highest BCUT2D eigenvalue weighted by Crippen LogP contribution is 2.42. The fourth-order valence-corrected chi connectivity index (χ4v) is 7.35. The smallest absolute Gasteiger partial charge is 0.257 e. The number of thiophene rings is 1. The lowest BCUT2D eigenvalue weighted by Crippen LogP contribution is -2.50. The minimum Gasteiger partial charge on any atom is -0.491 e. The number of amides is 1. The highest BCUT2D eigenvalue weighted by atomic mass is 35.5. The Hall–Kier alpha value is -2.17. The topological polar surface area (TPSA) is 77.9 Å². The number of hydrogen-bond acceptors (Lipinski definition) is 8. The van der Waals surface area contributed by atoms with Gasteiger partial charge in [0.25, 0.3) is 5.91 Å². The Bertz CT molecular complexity index is 1220. The summed E-state index contributed by atoms with van der Waals surface area (Å²) in [5, 5.41) is 16.3. The number of piperazine rings is 1. The molecule has 2 N–H and O–H groups in total. The van der Waals surface area contributed by atoms with Crippen molar-refractivity contribution in [3.63, 3.8) is 0 Å². The molecule has 5 rings (SSSR count). The fourth-order valence-electron chi connectivity index (χ4n) is 5.19. The van der Waals surface area contributed by atoms with Gasteiger partial charge in [0, 0.05) is 43.2 Å². The molecular formula is C27H33ClN4O3S2. The summed E-state index contributed by atoms with van der Waals surface area (Å²) in [5.74, 6) is 0.446. The van der Waals surface area contributed by atoms with Crippen molar-refractivity contribution in [2.75, 3.05) is 49.6 Å². The van der Waals surface area contributed by atoms with Gasteiger partial charge in [0.2, 0.25) is 0 Å². The second kappa shape index (κ2) is 12.1. The molecule has 198 valence electrons. The number of nitrogens with zero attached hydrogens (tertiary/aromatic N) is 3. The molecular weight excluding hydrogens is 528 g/mol. The van der Waals surface area contributed by atoms with Crippen LogP contribution in [-0.2, 0) is 0 Å². The van der Waals surface area contributed by atoms with Crippen molar-refractivity contribution in [3.05, 3.63) is 45.8 Å². The van der Waals surface area contributed by atoms with E-state index in [4.69, 9.17) is 26.4 Å². The van der Waals surface area contributed by atoms with Gasteiger partial charge in [0.1, 0.15) is 23.1 Å². The van der Waals surface area contributed by atoms with Crippen LogP contribution in [0.3, 0.4) is 0 Å². The molecule has 2 fully saturated rings. The minimum absolute atomic E-state index is 0.0541. The monoisotopic (exact) mass is 560 g/mol. The van der Waals surface area contributed by atoms with Crippen LogP contribution in [0.25, 0.3) is 10.6 Å². The van der Waals surface area contributed by atoms with E-state index in [1.54, 1.807) is 29.5 Å². The van der Waals surface area contributed by atoms with E-state index in [1.165, 1.54) is 43.4 Å². The lowest BCUT2D eigenvalue weighted by Gasteiger charge is -2.41. The van der Waals surface area contributed by atoms with Crippen LogP contribution in [0.4, 0.5) is 10.1 Å². The first-order chi connectivity index (χ1) is 18.0. The number of carbonyl (C=O) groups excluding carboxylic acids is 1. The molecule has 0 bridgehead atoms. The molecule has 1 aliphatic heterocycles. The van der Waals surface area contributed by atoms with Gasteiger partial charge in [-0.25, -0.2) is 4.98 Å². The second-order valence-electron chi connectivity index (χ2n) is 9.62. The second-order valence-corrected chi connectivity index (χ2v) is 11.9. The molecule has 1 aromatic carbocycles. The van der Waals surface area contributed by atoms with E-state index in [0.29, 0.717) is 21.5 Å². The van der Waals surface area contributed by atoms with Gasteiger partial charge in [-0.2, -0.15) is 0 Å². The molecule has 10 heteroatoms. The molecule has 1 amide bonds. The number of nitrogens with one attached hydrogen (secondary N) is 1. The zero-order chi connectivity index (χ0) is 25.8. The van der Waals surface area contributed by atoms with Gasteiger partial charge in [0.15, 0.2) is 5.13 Å². The quantitative estimate of drug-likeness (QED) is 0.356. The van der Waals surface area contributed by atoms with E-state index >= 15 is 0 Å². The molecule has 1 saturated heterocycles. The van der Waals surface area contributed by atoms with Crippen LogP contribution in [0.2, 0.25) is 5.02 Å². The van der Waals surface area contributed by atoms with Gasteiger partial charge in [-0.15, -0.1) is 11.3 Å². The Labute approximate surface area is 231 Å². The van der Waals surface area contributed by atoms with Crippen molar-refractivity contribution in [2.45, 2.75) is 45.1 Å². The zero-order valence-electron chi connectivity index (χ0n) is 21.0. The Morgan fingerprint density at radius 3 is 2.65 bits per heavy atom. The summed E-state index contributed by atoms with van der Waals surface area (Å²) in [4.78, 5) is 24.0. The van der Waals surface area contributed by atoms with E-state index in [-0.39, 0.29) is 19.1 Å². The molecule has 2 aliphatic rings. The molecule has 2 aromatic heterocycles. The maximum absolute atomic E-state index is 13.1. The maximum atomic E-state index is 13.1. The van der Waals surface area contributed by atoms with Crippen LogP contribution in [0, 0.1) is 6.92 Å². The van der Waals surface area contributed by atoms with Gasteiger partial charge < -0.3 is 14.7 Å². The summed E-state index contributed by atoms with van der Waals surface area (Å²) in [6, 6.07) is 7.96. The van der Waals surface area contributed by atoms with Crippen molar-refractivity contribution >= 4 is 50.3 Å². The van der Waals surface area contributed by atoms with Crippen LogP contribution in [0.1, 0.15) is 48.0 Å². The first-order valence-electron chi connectivity index (χ1n) is 12.9. The molecule has 3 aromatic rings. The number of halogens is 1. The Morgan fingerprint density at radius 2 is 1.97 bits per heavy atom. The summed E-state index contributed by atoms with van der Waals surface area (Å²) in [6.07, 6.45) is 6.72. The lowest BCUT2D eigenvalue weighted by atomic mass is 9.94. The number of aryl methyl sites for hydroxylation is 1. The Morgan fingerprint density at radius 1 is 1.19 bits per heavy atom. The molecule has 0 atom stereocenters. The molecule has 7 nitrogen and oxygen atoms in total. The van der Waals surface area contributed by atoms with Crippen LogP contribution < -0.4 is 15.0 Å². The first-order valence-corrected chi connectivity index (χ1v) is 15.0. The number of aliphatic hydroxyl groups is 1. The van der Waals surface area contributed by atoms with E-state index in [9.17, 15) is 4.79 Å². The average molecular weight is 561 g/mol. The normalized spacial score (nSPS) is 17.2. The van der Waals surface area contributed by atoms with Crippen molar-refractivity contribution in [2.24, 2.45) is 0 Å². The van der Waals surface area contributed by atoms with Gasteiger partial charge in [-0.05, 0) is 49.6 Å². The van der Waals surface area contributed by atoms with Crippen LogP contribution in [0.5, 0.6) is 5.75 Å². The number of hydrogen-bond donors (Lipinski definition) is 2. The van der Waals surface area contributed by atoms with Crippen LogP contribution in [-0.4, -0.2) is 66.3 Å². The Balaban J connectivity index is 1.32. The fraction of sp³-hybridized carbons (Fsp3) is 0.481. The number of carbonyl (C=O) groups is 1. The minimum atomic E-state index is -0.213. The summed E-state index contributed by atoms with van der Waals surface area (Å²) in [7, 11) is 0.